The SMILES string of the molecule is CC(Cc1ccc(Br)cc1)NCc1ncc(Br)cc1Br. The van der Waals surface area contributed by atoms with Crippen molar-refractivity contribution in [1.29, 1.82) is 0 Å². The predicted octanol–water partition coefficient (Wildman–Crippen LogP) is 5.09. The molecule has 1 N–H and O–H groups in total. The number of pyridine rings is 1. The van der Waals surface area contributed by atoms with Crippen molar-refractivity contribution in [3.63, 3.8) is 0 Å². The second-order valence-electron chi connectivity index (χ2n) is 4.69. The molecule has 106 valence electrons. The minimum Gasteiger partial charge on any atom is -0.308 e. The number of hydrogen-bond acceptors (Lipinski definition) is 2. The van der Waals surface area contributed by atoms with E-state index in [0.717, 1.165) is 32.1 Å². The van der Waals surface area contributed by atoms with Crippen molar-refractivity contribution in [2.24, 2.45) is 0 Å². The maximum Gasteiger partial charge on any atom is 0.0684 e. The van der Waals surface area contributed by atoms with Crippen LogP contribution in [-0.4, -0.2) is 11.0 Å². The Morgan fingerprint density at radius 3 is 2.45 bits per heavy atom. The molecule has 0 aliphatic heterocycles. The van der Waals surface area contributed by atoms with Crippen LogP contribution in [0.15, 0.2) is 49.9 Å². The average Bonchev–Trinajstić information content (AvgIpc) is 2.40. The Hall–Kier alpha value is -0.230. The molecule has 5 heteroatoms. The number of aromatic nitrogens is 1. The lowest BCUT2D eigenvalue weighted by Crippen LogP contribution is -2.28. The van der Waals surface area contributed by atoms with Crippen molar-refractivity contribution in [2.75, 3.05) is 0 Å². The normalized spacial score (nSPS) is 12.4. The van der Waals surface area contributed by atoms with Crippen molar-refractivity contribution < 1.29 is 0 Å². The van der Waals surface area contributed by atoms with Crippen molar-refractivity contribution in [1.82, 2.24) is 10.3 Å². The van der Waals surface area contributed by atoms with Crippen LogP contribution in [0.25, 0.3) is 0 Å². The summed E-state index contributed by atoms with van der Waals surface area (Å²) in [5.41, 5.74) is 2.35. The van der Waals surface area contributed by atoms with Gasteiger partial charge >= 0.3 is 0 Å². The van der Waals surface area contributed by atoms with Gasteiger partial charge in [-0.25, -0.2) is 0 Å². The largest absolute Gasteiger partial charge is 0.308 e. The van der Waals surface area contributed by atoms with E-state index >= 15 is 0 Å². The van der Waals surface area contributed by atoms with E-state index in [2.05, 4.69) is 89.3 Å². The molecule has 1 heterocycles. The monoisotopic (exact) mass is 460 g/mol. The molecule has 0 bridgehead atoms. The van der Waals surface area contributed by atoms with Crippen LogP contribution in [0.4, 0.5) is 0 Å². The zero-order valence-corrected chi connectivity index (χ0v) is 15.8. The Morgan fingerprint density at radius 2 is 1.80 bits per heavy atom. The highest BCUT2D eigenvalue weighted by molar-refractivity contribution is 9.11. The number of nitrogens with one attached hydrogen (secondary N) is 1. The molecule has 2 nitrogen and oxygen atoms in total. The maximum absolute atomic E-state index is 4.41. The summed E-state index contributed by atoms with van der Waals surface area (Å²) in [5.74, 6) is 0. The van der Waals surface area contributed by atoms with E-state index in [9.17, 15) is 0 Å². The van der Waals surface area contributed by atoms with E-state index in [-0.39, 0.29) is 0 Å². The molecule has 20 heavy (non-hydrogen) atoms. The van der Waals surface area contributed by atoms with Crippen LogP contribution >= 0.6 is 47.8 Å². The van der Waals surface area contributed by atoms with Crippen LogP contribution in [0, 0.1) is 0 Å². The van der Waals surface area contributed by atoms with Gasteiger partial charge in [0, 0.05) is 32.2 Å². The summed E-state index contributed by atoms with van der Waals surface area (Å²) in [5, 5.41) is 3.50. The first-order chi connectivity index (χ1) is 9.54. The third-order valence-electron chi connectivity index (χ3n) is 2.96. The van der Waals surface area contributed by atoms with Crippen molar-refractivity contribution in [3.05, 3.63) is 61.2 Å². The first-order valence-electron chi connectivity index (χ1n) is 6.32. The van der Waals surface area contributed by atoms with E-state index in [1.165, 1.54) is 5.56 Å². The molecule has 1 aromatic carbocycles. The lowest BCUT2D eigenvalue weighted by Gasteiger charge is -2.14. The highest BCUT2D eigenvalue weighted by atomic mass is 79.9. The molecule has 1 atom stereocenters. The first-order valence-corrected chi connectivity index (χ1v) is 8.70. The number of rotatable bonds is 5. The van der Waals surface area contributed by atoms with Gasteiger partial charge < -0.3 is 5.32 Å². The minimum atomic E-state index is 0.397. The summed E-state index contributed by atoms with van der Waals surface area (Å²) >= 11 is 10.4. The Balaban J connectivity index is 1.88. The molecule has 1 unspecified atom stereocenters. The molecule has 0 saturated carbocycles. The molecular formula is C15H15Br3N2. The van der Waals surface area contributed by atoms with Gasteiger partial charge in [0.25, 0.3) is 0 Å². The van der Waals surface area contributed by atoms with Crippen LogP contribution in [0.2, 0.25) is 0 Å². The standard InChI is InChI=1S/C15H15Br3N2/c1-10(6-11-2-4-12(16)5-3-11)19-9-15-14(18)7-13(17)8-20-15/h2-5,7-8,10,19H,6,9H2,1H3. The highest BCUT2D eigenvalue weighted by Crippen LogP contribution is 2.19. The Morgan fingerprint density at radius 1 is 1.10 bits per heavy atom. The first kappa shape index (κ1) is 16.1. The molecular weight excluding hydrogens is 448 g/mol. The summed E-state index contributed by atoms with van der Waals surface area (Å²) in [6, 6.07) is 10.9. The third kappa shape index (κ3) is 4.95. The minimum absolute atomic E-state index is 0.397. The molecule has 0 radical (unpaired) electrons. The van der Waals surface area contributed by atoms with E-state index < -0.39 is 0 Å². The van der Waals surface area contributed by atoms with Crippen molar-refractivity contribution in [3.8, 4) is 0 Å². The van der Waals surface area contributed by atoms with Gasteiger partial charge in [-0.15, -0.1) is 0 Å². The van der Waals surface area contributed by atoms with Gasteiger partial charge in [-0.05, 0) is 69.0 Å². The average molecular weight is 463 g/mol. The van der Waals surface area contributed by atoms with Crippen LogP contribution in [0.5, 0.6) is 0 Å². The molecule has 0 aliphatic rings. The van der Waals surface area contributed by atoms with Crippen LogP contribution < -0.4 is 5.32 Å². The fraction of sp³-hybridized carbons (Fsp3) is 0.267. The molecule has 0 saturated heterocycles. The highest BCUT2D eigenvalue weighted by Gasteiger charge is 2.06. The second-order valence-corrected chi connectivity index (χ2v) is 7.38. The van der Waals surface area contributed by atoms with Gasteiger partial charge in [-0.2, -0.15) is 0 Å². The van der Waals surface area contributed by atoms with Gasteiger partial charge in [-0.3, -0.25) is 4.98 Å². The molecule has 0 amide bonds. The van der Waals surface area contributed by atoms with Crippen LogP contribution in [0.3, 0.4) is 0 Å². The van der Waals surface area contributed by atoms with Crippen LogP contribution in [0.1, 0.15) is 18.2 Å². The lowest BCUT2D eigenvalue weighted by molar-refractivity contribution is 0.539. The van der Waals surface area contributed by atoms with E-state index in [1.54, 1.807) is 0 Å². The lowest BCUT2D eigenvalue weighted by atomic mass is 10.1. The summed E-state index contributed by atoms with van der Waals surface area (Å²) in [6.07, 6.45) is 2.82. The number of halogens is 3. The van der Waals surface area contributed by atoms with E-state index in [4.69, 9.17) is 0 Å². The number of hydrogen-bond donors (Lipinski definition) is 1. The maximum atomic E-state index is 4.41. The van der Waals surface area contributed by atoms with Gasteiger partial charge in [0.1, 0.15) is 0 Å². The molecule has 2 rings (SSSR count). The third-order valence-corrected chi connectivity index (χ3v) is 4.61. The van der Waals surface area contributed by atoms with Gasteiger partial charge in [-0.1, -0.05) is 28.1 Å². The van der Waals surface area contributed by atoms with Crippen LogP contribution in [-0.2, 0) is 13.0 Å². The van der Waals surface area contributed by atoms with Gasteiger partial charge in [0.15, 0.2) is 0 Å². The van der Waals surface area contributed by atoms with Crippen molar-refractivity contribution >= 4 is 47.8 Å². The molecule has 0 fully saturated rings. The summed E-state index contributed by atoms with van der Waals surface area (Å²) < 4.78 is 3.12. The summed E-state index contributed by atoms with van der Waals surface area (Å²) in [6.45, 7) is 2.94. The molecule has 2 aromatic rings. The van der Waals surface area contributed by atoms with E-state index in [0.29, 0.717) is 6.04 Å². The van der Waals surface area contributed by atoms with E-state index in [1.807, 2.05) is 12.3 Å². The predicted molar refractivity (Wildman–Crippen MR) is 93.8 cm³/mol. The van der Waals surface area contributed by atoms with Crippen molar-refractivity contribution in [2.45, 2.75) is 25.9 Å². The Kier molecular flexibility index (Phi) is 6.20. The molecule has 1 aromatic heterocycles. The quantitative estimate of drug-likeness (QED) is 0.669. The smallest absolute Gasteiger partial charge is 0.0684 e. The fourth-order valence-electron chi connectivity index (χ4n) is 1.89. The molecule has 0 aliphatic carbocycles. The topological polar surface area (TPSA) is 24.9 Å². The Bertz CT molecular complexity index is 570. The number of benzene rings is 1. The Labute approximate surface area is 144 Å². The van der Waals surface area contributed by atoms with Gasteiger partial charge in [0.05, 0.1) is 5.69 Å². The summed E-state index contributed by atoms with van der Waals surface area (Å²) in [7, 11) is 0. The zero-order chi connectivity index (χ0) is 14.5. The fourth-order valence-corrected chi connectivity index (χ4v) is 3.28. The summed E-state index contributed by atoms with van der Waals surface area (Å²) in [4.78, 5) is 4.41. The van der Waals surface area contributed by atoms with Gasteiger partial charge in [0.2, 0.25) is 0 Å². The number of nitrogens with zero attached hydrogens (tertiary/aromatic N) is 1. The molecule has 0 spiro atoms. The second kappa shape index (κ2) is 7.69. The zero-order valence-electron chi connectivity index (χ0n) is 11.0.